The summed E-state index contributed by atoms with van der Waals surface area (Å²) in [5, 5.41) is 3.21. The van der Waals surface area contributed by atoms with E-state index >= 15 is 0 Å². The van der Waals surface area contributed by atoms with Crippen molar-refractivity contribution in [2.24, 2.45) is 0 Å². The highest BCUT2D eigenvalue weighted by Gasteiger charge is 2.07. The molecule has 0 heterocycles. The topological polar surface area (TPSA) is 38.0 Å². The van der Waals surface area contributed by atoms with Crippen LogP contribution in [0.4, 0.5) is 15.8 Å². The number of rotatable bonds is 3. The van der Waals surface area contributed by atoms with Crippen molar-refractivity contribution in [1.82, 2.24) is 0 Å². The summed E-state index contributed by atoms with van der Waals surface area (Å²) < 4.78 is 13.4. The second-order valence-electron chi connectivity index (χ2n) is 4.93. The Kier molecular flexibility index (Phi) is 3.74. The van der Waals surface area contributed by atoms with Crippen molar-refractivity contribution >= 4 is 11.4 Å². The highest BCUT2D eigenvalue weighted by Crippen LogP contribution is 2.23. The van der Waals surface area contributed by atoms with Gasteiger partial charge in [-0.1, -0.05) is 23.8 Å². The Hall–Kier alpha value is -2.03. The van der Waals surface area contributed by atoms with Gasteiger partial charge in [0.2, 0.25) is 0 Å². The van der Waals surface area contributed by atoms with Gasteiger partial charge in [-0.05, 0) is 49.6 Å². The van der Waals surface area contributed by atoms with E-state index < -0.39 is 0 Å². The molecule has 0 aliphatic heterocycles. The van der Waals surface area contributed by atoms with Gasteiger partial charge in [-0.3, -0.25) is 0 Å². The third kappa shape index (κ3) is 2.87. The fraction of sp³-hybridized carbons (Fsp3) is 0.250. The summed E-state index contributed by atoms with van der Waals surface area (Å²) in [7, 11) is 0. The maximum Gasteiger partial charge on any atom is 0.148 e. The van der Waals surface area contributed by atoms with E-state index in [4.69, 9.17) is 5.73 Å². The maximum atomic E-state index is 13.4. The van der Waals surface area contributed by atoms with E-state index in [2.05, 4.69) is 38.2 Å². The van der Waals surface area contributed by atoms with Gasteiger partial charge in [0.15, 0.2) is 0 Å². The number of benzene rings is 2. The highest BCUT2D eigenvalue weighted by atomic mass is 19.1. The first-order chi connectivity index (χ1) is 8.99. The molecule has 0 aliphatic rings. The molecule has 0 amide bonds. The van der Waals surface area contributed by atoms with Gasteiger partial charge in [0, 0.05) is 6.54 Å². The molecular formula is C16H19FN2. The summed E-state index contributed by atoms with van der Waals surface area (Å²) in [4.78, 5) is 0. The van der Waals surface area contributed by atoms with Crippen LogP contribution in [0.5, 0.6) is 0 Å². The average Bonchev–Trinajstić information content (AvgIpc) is 2.33. The Bertz CT molecular complexity index is 583. The van der Waals surface area contributed by atoms with Gasteiger partial charge >= 0.3 is 0 Å². The van der Waals surface area contributed by atoms with Crippen LogP contribution in [-0.4, -0.2) is 0 Å². The molecule has 2 rings (SSSR count). The Morgan fingerprint density at radius 3 is 2.37 bits per heavy atom. The predicted molar refractivity (Wildman–Crippen MR) is 78.8 cm³/mol. The summed E-state index contributed by atoms with van der Waals surface area (Å²) in [6, 6.07) is 9.11. The lowest BCUT2D eigenvalue weighted by atomic mass is 10.00. The zero-order valence-corrected chi connectivity index (χ0v) is 11.5. The smallest absolute Gasteiger partial charge is 0.148 e. The highest BCUT2D eigenvalue weighted by molar-refractivity contribution is 5.66. The van der Waals surface area contributed by atoms with Crippen LogP contribution in [0.2, 0.25) is 0 Å². The predicted octanol–water partition coefficient (Wildman–Crippen LogP) is 3.95. The summed E-state index contributed by atoms with van der Waals surface area (Å²) in [6.45, 7) is 6.91. The number of nitrogens with one attached hydrogen (secondary N) is 1. The van der Waals surface area contributed by atoms with Gasteiger partial charge in [-0.25, -0.2) is 4.39 Å². The molecule has 0 spiro atoms. The Labute approximate surface area is 113 Å². The third-order valence-electron chi connectivity index (χ3n) is 3.35. The molecule has 3 N–H and O–H groups in total. The molecule has 100 valence electrons. The molecule has 2 aromatic carbocycles. The SMILES string of the molecule is Cc1cc(C)c(CNc2cccc(F)c2N)c(C)c1. The zero-order chi connectivity index (χ0) is 14.0. The zero-order valence-electron chi connectivity index (χ0n) is 11.5. The Morgan fingerprint density at radius 2 is 1.74 bits per heavy atom. The van der Waals surface area contributed by atoms with E-state index in [1.54, 1.807) is 12.1 Å². The summed E-state index contributed by atoms with van der Waals surface area (Å²) >= 11 is 0. The Morgan fingerprint density at radius 1 is 1.11 bits per heavy atom. The first-order valence-electron chi connectivity index (χ1n) is 6.33. The molecule has 3 heteroatoms. The van der Waals surface area contributed by atoms with Gasteiger partial charge in [0.05, 0.1) is 11.4 Å². The number of anilines is 2. The van der Waals surface area contributed by atoms with Gasteiger partial charge in [0.1, 0.15) is 5.82 Å². The molecule has 0 atom stereocenters. The second kappa shape index (κ2) is 5.31. The normalized spacial score (nSPS) is 10.5. The van der Waals surface area contributed by atoms with E-state index in [9.17, 15) is 4.39 Å². The van der Waals surface area contributed by atoms with E-state index in [-0.39, 0.29) is 11.5 Å². The largest absolute Gasteiger partial charge is 0.395 e. The van der Waals surface area contributed by atoms with Crippen molar-refractivity contribution in [2.75, 3.05) is 11.1 Å². The number of aryl methyl sites for hydroxylation is 3. The minimum Gasteiger partial charge on any atom is -0.395 e. The molecule has 0 bridgehead atoms. The third-order valence-corrected chi connectivity index (χ3v) is 3.35. The number of para-hydroxylation sites is 1. The number of nitrogens with two attached hydrogens (primary N) is 1. The number of hydrogen-bond donors (Lipinski definition) is 2. The van der Waals surface area contributed by atoms with Crippen LogP contribution in [0.1, 0.15) is 22.3 Å². The van der Waals surface area contributed by atoms with Crippen LogP contribution >= 0.6 is 0 Å². The van der Waals surface area contributed by atoms with E-state index in [1.165, 1.54) is 28.3 Å². The molecule has 0 saturated carbocycles. The van der Waals surface area contributed by atoms with E-state index in [0.29, 0.717) is 12.2 Å². The van der Waals surface area contributed by atoms with Crippen molar-refractivity contribution in [2.45, 2.75) is 27.3 Å². The first kappa shape index (κ1) is 13.4. The lowest BCUT2D eigenvalue weighted by Crippen LogP contribution is -2.06. The molecular weight excluding hydrogens is 239 g/mol. The van der Waals surface area contributed by atoms with Gasteiger partial charge in [-0.15, -0.1) is 0 Å². The number of nitrogen functional groups attached to an aromatic ring is 1. The van der Waals surface area contributed by atoms with Gasteiger partial charge < -0.3 is 11.1 Å². The van der Waals surface area contributed by atoms with Crippen LogP contribution in [0.25, 0.3) is 0 Å². The van der Waals surface area contributed by atoms with E-state index in [0.717, 1.165) is 0 Å². The first-order valence-corrected chi connectivity index (χ1v) is 6.33. The summed E-state index contributed by atoms with van der Waals surface area (Å²) in [5.74, 6) is -0.387. The lowest BCUT2D eigenvalue weighted by molar-refractivity contribution is 0.633. The van der Waals surface area contributed by atoms with Crippen molar-refractivity contribution in [3.63, 3.8) is 0 Å². The van der Waals surface area contributed by atoms with Crippen LogP contribution < -0.4 is 11.1 Å². The summed E-state index contributed by atoms with van der Waals surface area (Å²) in [6.07, 6.45) is 0. The van der Waals surface area contributed by atoms with Crippen molar-refractivity contribution in [1.29, 1.82) is 0 Å². The fourth-order valence-corrected chi connectivity index (χ4v) is 2.36. The molecule has 0 unspecified atom stereocenters. The second-order valence-corrected chi connectivity index (χ2v) is 4.93. The van der Waals surface area contributed by atoms with Crippen LogP contribution in [0, 0.1) is 26.6 Å². The number of halogens is 1. The fourth-order valence-electron chi connectivity index (χ4n) is 2.36. The molecule has 0 fully saturated rings. The summed E-state index contributed by atoms with van der Waals surface area (Å²) in [5.41, 5.74) is 11.5. The van der Waals surface area contributed by atoms with Crippen LogP contribution in [-0.2, 0) is 6.54 Å². The molecule has 2 nitrogen and oxygen atoms in total. The van der Waals surface area contributed by atoms with Crippen LogP contribution in [0.15, 0.2) is 30.3 Å². The average molecular weight is 258 g/mol. The Balaban J connectivity index is 2.22. The molecule has 0 aliphatic carbocycles. The molecule has 0 radical (unpaired) electrons. The van der Waals surface area contributed by atoms with Crippen LogP contribution in [0.3, 0.4) is 0 Å². The quantitative estimate of drug-likeness (QED) is 0.818. The molecule has 19 heavy (non-hydrogen) atoms. The van der Waals surface area contributed by atoms with Crippen molar-refractivity contribution in [3.05, 3.63) is 58.4 Å². The standard InChI is InChI=1S/C16H19FN2/c1-10-7-11(2)13(12(3)8-10)9-19-15-6-4-5-14(17)16(15)18/h4-8,19H,9,18H2,1-3H3. The molecule has 0 aromatic heterocycles. The van der Waals surface area contributed by atoms with E-state index in [1.807, 2.05) is 0 Å². The molecule has 2 aromatic rings. The number of hydrogen-bond acceptors (Lipinski definition) is 2. The monoisotopic (exact) mass is 258 g/mol. The van der Waals surface area contributed by atoms with Crippen molar-refractivity contribution < 1.29 is 4.39 Å². The van der Waals surface area contributed by atoms with Gasteiger partial charge in [0.25, 0.3) is 0 Å². The van der Waals surface area contributed by atoms with Crippen molar-refractivity contribution in [3.8, 4) is 0 Å². The molecule has 0 saturated heterocycles. The lowest BCUT2D eigenvalue weighted by Gasteiger charge is -2.14. The maximum absolute atomic E-state index is 13.4. The minimum atomic E-state index is -0.387. The van der Waals surface area contributed by atoms with Gasteiger partial charge in [-0.2, -0.15) is 0 Å². The minimum absolute atomic E-state index is 0.171.